The van der Waals surface area contributed by atoms with Gasteiger partial charge in [-0.25, -0.2) is 4.79 Å². The fraction of sp³-hybridized carbons (Fsp3) is 0.417. The van der Waals surface area contributed by atoms with E-state index >= 15 is 0 Å². The maximum atomic E-state index is 13.4. The summed E-state index contributed by atoms with van der Waals surface area (Å²) in [6.45, 7) is 5.77. The van der Waals surface area contributed by atoms with Crippen molar-refractivity contribution in [2.45, 2.75) is 51.0 Å². The van der Waals surface area contributed by atoms with Crippen LogP contribution in [0.25, 0.3) is 0 Å². The summed E-state index contributed by atoms with van der Waals surface area (Å²) >= 11 is 0. The number of benzene rings is 2. The van der Waals surface area contributed by atoms with Gasteiger partial charge in [0.05, 0.1) is 32.2 Å². The number of rotatable bonds is 4. The Kier molecular flexibility index (Phi) is 6.77. The van der Waals surface area contributed by atoms with Crippen molar-refractivity contribution >= 4 is 12.1 Å². The summed E-state index contributed by atoms with van der Waals surface area (Å²) in [5.74, 6) is -0.410. The van der Waals surface area contributed by atoms with Gasteiger partial charge >= 0.3 is 12.1 Å². The number of hydrogen-bond donors (Lipinski definition) is 0. The zero-order valence-corrected chi connectivity index (χ0v) is 17.9. The number of carbonyl (C=O) groups is 2. The molecule has 160 valence electrons. The monoisotopic (exact) mass is 411 g/mol. The van der Waals surface area contributed by atoms with Gasteiger partial charge < -0.3 is 14.2 Å². The van der Waals surface area contributed by atoms with Crippen molar-refractivity contribution in [2.75, 3.05) is 13.7 Å². The van der Waals surface area contributed by atoms with E-state index in [0.29, 0.717) is 6.61 Å². The fourth-order valence-corrected chi connectivity index (χ4v) is 3.69. The molecule has 1 fully saturated rings. The molecule has 1 saturated heterocycles. The Morgan fingerprint density at radius 3 is 2.10 bits per heavy atom. The van der Waals surface area contributed by atoms with Crippen LogP contribution in [-0.4, -0.2) is 42.3 Å². The Labute approximate surface area is 177 Å². The van der Waals surface area contributed by atoms with Crippen molar-refractivity contribution in [1.29, 1.82) is 0 Å². The van der Waals surface area contributed by atoms with E-state index in [2.05, 4.69) is 0 Å². The van der Waals surface area contributed by atoms with E-state index in [4.69, 9.17) is 14.2 Å². The molecule has 0 unspecified atom stereocenters. The Balaban J connectivity index is 2.05. The first-order valence-electron chi connectivity index (χ1n) is 10.1. The molecule has 1 aliphatic rings. The first-order chi connectivity index (χ1) is 14.3. The second kappa shape index (κ2) is 9.30. The van der Waals surface area contributed by atoms with Crippen molar-refractivity contribution in [3.63, 3.8) is 0 Å². The van der Waals surface area contributed by atoms with Gasteiger partial charge in [0.25, 0.3) is 0 Å². The van der Waals surface area contributed by atoms with Crippen LogP contribution >= 0.6 is 0 Å². The molecule has 0 aromatic heterocycles. The maximum Gasteiger partial charge on any atom is 0.411 e. The lowest BCUT2D eigenvalue weighted by Gasteiger charge is -2.46. The third-order valence-electron chi connectivity index (χ3n) is 5.00. The molecule has 6 heteroatoms. The molecule has 0 saturated carbocycles. The quantitative estimate of drug-likeness (QED) is 0.684. The molecular formula is C24H29NO5. The van der Waals surface area contributed by atoms with Crippen molar-refractivity contribution in [1.82, 2.24) is 4.90 Å². The van der Waals surface area contributed by atoms with Crippen LogP contribution in [0.15, 0.2) is 60.7 Å². The standard InChI is InChI=1S/C24H29NO5/c1-24(2,3)30-23(27)25-19(15-21(26)28-4)22(18-13-9-6-10-14-18)29-16-20(25)17-11-7-5-8-12-17/h5-14,19-20,22H,15-16H2,1-4H3/t19-,20+,22+/m1/s1. The minimum absolute atomic E-state index is 0.00135. The largest absolute Gasteiger partial charge is 0.469 e. The Bertz CT molecular complexity index is 847. The molecule has 0 radical (unpaired) electrons. The molecule has 1 heterocycles. The first-order valence-corrected chi connectivity index (χ1v) is 10.1. The number of amides is 1. The van der Waals surface area contributed by atoms with Crippen LogP contribution in [0.2, 0.25) is 0 Å². The van der Waals surface area contributed by atoms with E-state index in [1.54, 1.807) is 4.90 Å². The van der Waals surface area contributed by atoms with E-state index < -0.39 is 29.8 Å². The number of ether oxygens (including phenoxy) is 3. The van der Waals surface area contributed by atoms with Crippen molar-refractivity contribution in [3.8, 4) is 0 Å². The minimum atomic E-state index is -0.672. The number of methoxy groups -OCH3 is 1. The molecular weight excluding hydrogens is 382 g/mol. The molecule has 30 heavy (non-hydrogen) atoms. The zero-order valence-electron chi connectivity index (χ0n) is 17.9. The summed E-state index contributed by atoms with van der Waals surface area (Å²) in [6, 6.07) is 18.3. The fourth-order valence-electron chi connectivity index (χ4n) is 3.69. The van der Waals surface area contributed by atoms with Crippen LogP contribution in [0.5, 0.6) is 0 Å². The lowest BCUT2D eigenvalue weighted by Crippen LogP contribution is -2.53. The Hall–Kier alpha value is -2.86. The number of carbonyl (C=O) groups excluding carboxylic acids is 2. The average molecular weight is 411 g/mol. The average Bonchev–Trinajstić information content (AvgIpc) is 2.73. The van der Waals surface area contributed by atoms with E-state index in [1.807, 2.05) is 81.4 Å². The second-order valence-electron chi connectivity index (χ2n) is 8.33. The number of esters is 1. The van der Waals surface area contributed by atoms with Crippen LogP contribution < -0.4 is 0 Å². The van der Waals surface area contributed by atoms with Gasteiger partial charge in [0.1, 0.15) is 11.7 Å². The molecule has 2 aromatic rings. The van der Waals surface area contributed by atoms with E-state index in [9.17, 15) is 9.59 Å². The second-order valence-corrected chi connectivity index (χ2v) is 8.33. The van der Waals surface area contributed by atoms with E-state index in [-0.39, 0.29) is 12.5 Å². The molecule has 0 spiro atoms. The Morgan fingerprint density at radius 2 is 1.57 bits per heavy atom. The number of morpholine rings is 1. The molecule has 0 N–H and O–H groups in total. The molecule has 3 rings (SSSR count). The highest BCUT2D eigenvalue weighted by atomic mass is 16.6. The van der Waals surface area contributed by atoms with Crippen LogP contribution in [0.4, 0.5) is 4.79 Å². The van der Waals surface area contributed by atoms with Crippen LogP contribution in [-0.2, 0) is 19.0 Å². The van der Waals surface area contributed by atoms with Crippen LogP contribution in [0, 0.1) is 0 Å². The van der Waals surface area contributed by atoms with Crippen molar-refractivity contribution in [2.24, 2.45) is 0 Å². The predicted molar refractivity (Wildman–Crippen MR) is 113 cm³/mol. The van der Waals surface area contributed by atoms with Gasteiger partial charge in [-0.1, -0.05) is 60.7 Å². The van der Waals surface area contributed by atoms with Gasteiger partial charge in [-0.3, -0.25) is 9.69 Å². The topological polar surface area (TPSA) is 65.1 Å². The minimum Gasteiger partial charge on any atom is -0.469 e. The van der Waals surface area contributed by atoms with Crippen molar-refractivity contribution < 1.29 is 23.8 Å². The molecule has 2 aromatic carbocycles. The number of nitrogens with zero attached hydrogens (tertiary/aromatic N) is 1. The summed E-state index contributed by atoms with van der Waals surface area (Å²) in [4.78, 5) is 27.3. The predicted octanol–water partition coefficient (Wildman–Crippen LogP) is 4.67. The SMILES string of the molecule is COC(=O)C[C@@H]1[C@H](c2ccccc2)OC[C@@H](c2ccccc2)N1C(=O)OC(C)(C)C. The van der Waals surface area contributed by atoms with E-state index in [1.165, 1.54) is 7.11 Å². The molecule has 6 nitrogen and oxygen atoms in total. The lowest BCUT2D eigenvalue weighted by molar-refractivity contribution is -0.149. The summed E-state index contributed by atoms with van der Waals surface area (Å²) in [7, 11) is 1.34. The molecule has 0 bridgehead atoms. The van der Waals surface area contributed by atoms with Gasteiger partial charge in [0, 0.05) is 0 Å². The third kappa shape index (κ3) is 5.19. The van der Waals surface area contributed by atoms with Gasteiger partial charge in [0.15, 0.2) is 0 Å². The highest BCUT2D eigenvalue weighted by Crippen LogP contribution is 2.39. The summed E-state index contributed by atoms with van der Waals surface area (Å²) in [6.07, 6.45) is -0.953. The normalized spacial score (nSPS) is 21.7. The smallest absolute Gasteiger partial charge is 0.411 e. The summed E-state index contributed by atoms with van der Waals surface area (Å²) < 4.78 is 16.9. The third-order valence-corrected chi connectivity index (χ3v) is 5.00. The maximum absolute atomic E-state index is 13.4. The van der Waals surface area contributed by atoms with Crippen LogP contribution in [0.1, 0.15) is 50.5 Å². The van der Waals surface area contributed by atoms with Gasteiger partial charge in [-0.2, -0.15) is 0 Å². The number of hydrogen-bond acceptors (Lipinski definition) is 5. The summed E-state index contributed by atoms with van der Waals surface area (Å²) in [5, 5.41) is 0. The molecule has 1 aliphatic heterocycles. The highest BCUT2D eigenvalue weighted by Gasteiger charge is 2.45. The lowest BCUT2D eigenvalue weighted by atomic mass is 9.92. The van der Waals surface area contributed by atoms with Gasteiger partial charge in [0.2, 0.25) is 0 Å². The summed E-state index contributed by atoms with van der Waals surface area (Å²) in [5.41, 5.74) is 1.14. The first kappa shape index (κ1) is 21.8. The molecule has 1 amide bonds. The van der Waals surface area contributed by atoms with Crippen molar-refractivity contribution in [3.05, 3.63) is 71.8 Å². The Morgan fingerprint density at radius 1 is 1.00 bits per heavy atom. The molecule has 0 aliphatic carbocycles. The van der Waals surface area contributed by atoms with Crippen LogP contribution in [0.3, 0.4) is 0 Å². The van der Waals surface area contributed by atoms with Gasteiger partial charge in [-0.05, 0) is 31.9 Å². The highest BCUT2D eigenvalue weighted by molar-refractivity contribution is 5.74. The zero-order chi connectivity index (χ0) is 21.7. The van der Waals surface area contributed by atoms with E-state index in [0.717, 1.165) is 11.1 Å². The van der Waals surface area contributed by atoms with Gasteiger partial charge in [-0.15, -0.1) is 0 Å². The molecule has 3 atom stereocenters.